The highest BCUT2D eigenvalue weighted by Crippen LogP contribution is 2.36. The lowest BCUT2D eigenvalue weighted by Crippen LogP contribution is -2.16. The van der Waals surface area contributed by atoms with Crippen molar-refractivity contribution in [2.24, 2.45) is 0 Å². The second-order valence-corrected chi connectivity index (χ2v) is 6.04. The molecule has 0 fully saturated rings. The molecule has 0 saturated carbocycles. The number of fused-ring (bicyclic) bond motifs is 3. The molecule has 0 spiro atoms. The first-order valence-electron chi connectivity index (χ1n) is 7.69. The van der Waals surface area contributed by atoms with Crippen LogP contribution in [0.5, 0.6) is 5.75 Å². The van der Waals surface area contributed by atoms with Gasteiger partial charge < -0.3 is 19.9 Å². The van der Waals surface area contributed by atoms with E-state index < -0.39 is 0 Å². The third-order valence-corrected chi connectivity index (χ3v) is 4.17. The van der Waals surface area contributed by atoms with Crippen LogP contribution in [0.4, 0.5) is 5.95 Å². The zero-order chi connectivity index (χ0) is 15.0. The minimum atomic E-state index is 0.289. The molecule has 21 heavy (non-hydrogen) atoms. The average Bonchev–Trinajstić information content (AvgIpc) is 2.99. The molecule has 5 nitrogen and oxygen atoms in total. The highest BCUT2D eigenvalue weighted by molar-refractivity contribution is 5.84. The van der Waals surface area contributed by atoms with Gasteiger partial charge in [0.05, 0.1) is 11.0 Å². The normalized spacial score (nSPS) is 17.4. The summed E-state index contributed by atoms with van der Waals surface area (Å²) in [6.45, 7) is 4.10. The molecule has 0 saturated heterocycles. The molecule has 1 aliphatic heterocycles. The molecule has 1 atom stereocenters. The van der Waals surface area contributed by atoms with Gasteiger partial charge in [-0.25, -0.2) is 4.98 Å². The predicted molar refractivity (Wildman–Crippen MR) is 85.7 cm³/mol. The lowest BCUT2D eigenvalue weighted by molar-refractivity contribution is 0.228. The van der Waals surface area contributed by atoms with Gasteiger partial charge in [-0.15, -0.1) is 0 Å². The first-order chi connectivity index (χ1) is 10.1. The van der Waals surface area contributed by atoms with Gasteiger partial charge in [0.15, 0.2) is 0 Å². The van der Waals surface area contributed by atoms with Crippen LogP contribution in [0.25, 0.3) is 11.0 Å². The Morgan fingerprint density at radius 2 is 2.24 bits per heavy atom. The summed E-state index contributed by atoms with van der Waals surface area (Å²) < 4.78 is 8.13. The number of imidazole rings is 1. The smallest absolute Gasteiger partial charge is 0.201 e. The van der Waals surface area contributed by atoms with E-state index >= 15 is 0 Å². The highest BCUT2D eigenvalue weighted by atomic mass is 16.5. The Kier molecular flexibility index (Phi) is 3.76. The Morgan fingerprint density at radius 3 is 2.95 bits per heavy atom. The minimum Gasteiger partial charge on any atom is -0.490 e. The number of nitrogens with zero attached hydrogens (tertiary/aromatic N) is 3. The summed E-state index contributed by atoms with van der Waals surface area (Å²) in [5, 5.41) is 0. The van der Waals surface area contributed by atoms with Gasteiger partial charge in [0.25, 0.3) is 0 Å². The lowest BCUT2D eigenvalue weighted by atomic mass is 10.1. The van der Waals surface area contributed by atoms with Crippen LogP contribution < -0.4 is 10.5 Å². The number of ether oxygens (including phenoxy) is 1. The Bertz CT molecular complexity index is 647. The van der Waals surface area contributed by atoms with E-state index in [0.29, 0.717) is 5.95 Å². The number of hydrogen-bond acceptors (Lipinski definition) is 4. The van der Waals surface area contributed by atoms with Gasteiger partial charge in [-0.1, -0.05) is 6.92 Å². The lowest BCUT2D eigenvalue weighted by Gasteiger charge is -2.12. The number of rotatable bonds is 5. The van der Waals surface area contributed by atoms with Crippen LogP contribution >= 0.6 is 0 Å². The van der Waals surface area contributed by atoms with Crippen LogP contribution in [0, 0.1) is 0 Å². The van der Waals surface area contributed by atoms with E-state index in [2.05, 4.69) is 35.5 Å². The van der Waals surface area contributed by atoms with Crippen LogP contribution in [0.15, 0.2) is 12.1 Å². The highest BCUT2D eigenvalue weighted by Gasteiger charge is 2.26. The number of nitrogens with two attached hydrogens (primary N) is 1. The molecule has 0 radical (unpaired) electrons. The predicted octanol–water partition coefficient (Wildman–Crippen LogP) is 2.28. The van der Waals surface area contributed by atoms with Crippen LogP contribution in [0.3, 0.4) is 0 Å². The maximum atomic E-state index is 6.13. The Hall–Kier alpha value is -1.75. The molecular weight excluding hydrogens is 264 g/mol. The molecule has 3 rings (SSSR count). The van der Waals surface area contributed by atoms with Crippen molar-refractivity contribution < 1.29 is 4.74 Å². The van der Waals surface area contributed by atoms with Crippen molar-refractivity contribution in [3.05, 3.63) is 17.7 Å². The van der Waals surface area contributed by atoms with Crippen LogP contribution in [-0.2, 0) is 13.0 Å². The largest absolute Gasteiger partial charge is 0.490 e. The fraction of sp³-hybridized carbons (Fsp3) is 0.562. The van der Waals surface area contributed by atoms with Crippen molar-refractivity contribution in [2.75, 3.05) is 26.4 Å². The van der Waals surface area contributed by atoms with Gasteiger partial charge in [-0.3, -0.25) is 0 Å². The maximum absolute atomic E-state index is 6.13. The third-order valence-electron chi connectivity index (χ3n) is 4.17. The quantitative estimate of drug-likeness (QED) is 0.917. The monoisotopic (exact) mass is 288 g/mol. The second-order valence-electron chi connectivity index (χ2n) is 6.04. The number of hydrogen-bond donors (Lipinski definition) is 1. The SMILES string of the molecule is CCC1Cc2c(ccc3nc(N)n(CCCN(C)C)c23)O1. The Morgan fingerprint density at radius 1 is 1.43 bits per heavy atom. The Balaban J connectivity index is 1.97. The molecule has 0 bridgehead atoms. The fourth-order valence-corrected chi connectivity index (χ4v) is 3.05. The van der Waals surface area contributed by atoms with E-state index in [1.807, 2.05) is 12.1 Å². The zero-order valence-electron chi connectivity index (χ0n) is 13.1. The van der Waals surface area contributed by atoms with E-state index in [0.717, 1.165) is 43.6 Å². The summed E-state index contributed by atoms with van der Waals surface area (Å²) >= 11 is 0. The van der Waals surface area contributed by atoms with Crippen molar-refractivity contribution in [3.8, 4) is 5.75 Å². The van der Waals surface area contributed by atoms with Gasteiger partial charge in [0.2, 0.25) is 5.95 Å². The van der Waals surface area contributed by atoms with E-state index in [9.17, 15) is 0 Å². The number of aryl methyl sites for hydroxylation is 1. The second kappa shape index (κ2) is 5.56. The molecule has 2 aromatic rings. The molecule has 1 aromatic heterocycles. The van der Waals surface area contributed by atoms with Crippen molar-refractivity contribution >= 4 is 17.0 Å². The molecule has 0 aliphatic carbocycles. The van der Waals surface area contributed by atoms with Crippen molar-refractivity contribution in [3.63, 3.8) is 0 Å². The maximum Gasteiger partial charge on any atom is 0.201 e. The molecule has 2 N–H and O–H groups in total. The standard InChI is InChI=1S/C16H24N4O/c1-4-11-10-12-14(21-11)7-6-13-15(12)20(16(17)18-13)9-5-8-19(2)3/h6-7,11H,4-5,8-10H2,1-3H3,(H2,17,18). The first kappa shape index (κ1) is 14.2. The molecular formula is C16H24N4O. The molecule has 5 heteroatoms. The number of benzene rings is 1. The van der Waals surface area contributed by atoms with E-state index in [1.165, 1.54) is 11.1 Å². The van der Waals surface area contributed by atoms with Crippen molar-refractivity contribution in [1.82, 2.24) is 14.5 Å². The number of anilines is 1. The summed E-state index contributed by atoms with van der Waals surface area (Å²) in [5.74, 6) is 1.61. The molecule has 2 heterocycles. The van der Waals surface area contributed by atoms with Gasteiger partial charge in [-0.05, 0) is 45.6 Å². The summed E-state index contributed by atoms with van der Waals surface area (Å²) in [6.07, 6.45) is 3.34. The van der Waals surface area contributed by atoms with Crippen LogP contribution in [0.1, 0.15) is 25.3 Å². The van der Waals surface area contributed by atoms with Gasteiger partial charge in [0, 0.05) is 18.5 Å². The Labute approximate surface area is 125 Å². The van der Waals surface area contributed by atoms with E-state index in [-0.39, 0.29) is 6.10 Å². The van der Waals surface area contributed by atoms with Crippen molar-refractivity contribution in [2.45, 2.75) is 38.8 Å². The molecule has 0 amide bonds. The topological polar surface area (TPSA) is 56.3 Å². The van der Waals surface area contributed by atoms with Crippen molar-refractivity contribution in [1.29, 1.82) is 0 Å². The third kappa shape index (κ3) is 2.58. The van der Waals surface area contributed by atoms with E-state index in [1.54, 1.807) is 0 Å². The number of nitrogen functional groups attached to an aromatic ring is 1. The van der Waals surface area contributed by atoms with Crippen LogP contribution in [-0.4, -0.2) is 41.2 Å². The van der Waals surface area contributed by atoms with E-state index in [4.69, 9.17) is 10.5 Å². The van der Waals surface area contributed by atoms with Gasteiger partial charge in [-0.2, -0.15) is 0 Å². The number of aromatic nitrogens is 2. The summed E-state index contributed by atoms with van der Waals surface area (Å²) in [4.78, 5) is 6.70. The average molecular weight is 288 g/mol. The van der Waals surface area contributed by atoms with Gasteiger partial charge in [0.1, 0.15) is 11.9 Å². The molecule has 114 valence electrons. The minimum absolute atomic E-state index is 0.289. The summed E-state index contributed by atoms with van der Waals surface area (Å²) in [5.41, 5.74) is 9.55. The first-order valence-corrected chi connectivity index (χ1v) is 7.69. The zero-order valence-corrected chi connectivity index (χ0v) is 13.1. The summed E-state index contributed by atoms with van der Waals surface area (Å²) in [6, 6.07) is 4.05. The van der Waals surface area contributed by atoms with Crippen LogP contribution in [0.2, 0.25) is 0 Å². The molecule has 1 aromatic carbocycles. The summed E-state index contributed by atoms with van der Waals surface area (Å²) in [7, 11) is 4.18. The molecule has 1 aliphatic rings. The molecule has 1 unspecified atom stereocenters. The van der Waals surface area contributed by atoms with Gasteiger partial charge >= 0.3 is 0 Å². The fourth-order valence-electron chi connectivity index (χ4n) is 3.05.